The molecule has 0 radical (unpaired) electrons. The summed E-state index contributed by atoms with van der Waals surface area (Å²) in [4.78, 5) is 19.3. The van der Waals surface area contributed by atoms with Crippen LogP contribution >= 0.6 is 0 Å². The van der Waals surface area contributed by atoms with E-state index < -0.39 is 0 Å². The minimum atomic E-state index is 0.631. The zero-order valence-corrected chi connectivity index (χ0v) is 55.7. The zero-order chi connectivity index (χ0) is 63.7. The summed E-state index contributed by atoms with van der Waals surface area (Å²) in [6.45, 7) is 19.6. The average Bonchev–Trinajstić information content (AvgIpc) is 1.67. The summed E-state index contributed by atoms with van der Waals surface area (Å²) < 4.78 is 0. The molecule has 6 unspecified atom stereocenters. The Morgan fingerprint density at radius 1 is 0.396 bits per heavy atom. The van der Waals surface area contributed by atoms with Crippen LogP contribution in [0.2, 0.25) is 0 Å². The normalized spacial score (nSPS) is 18.7. The predicted molar refractivity (Wildman–Crippen MR) is 386 cm³/mol. The maximum absolute atomic E-state index is 4.38. The highest BCUT2D eigenvalue weighted by molar-refractivity contribution is 5.82. The van der Waals surface area contributed by atoms with Crippen molar-refractivity contribution < 1.29 is 0 Å². The van der Waals surface area contributed by atoms with Crippen LogP contribution < -0.4 is 0 Å². The molecular formula is C86H97N5. The topological polar surface area (TPSA) is 67.3 Å². The van der Waals surface area contributed by atoms with Gasteiger partial charge in [-0.25, -0.2) is 9.97 Å². The van der Waals surface area contributed by atoms with Crippen molar-refractivity contribution in [2.75, 3.05) is 0 Å². The number of hydrogen-bond donors (Lipinski definition) is 1. The molecule has 6 aliphatic rings. The number of para-hydroxylation sites is 2. The van der Waals surface area contributed by atoms with Crippen LogP contribution in [0.5, 0.6) is 0 Å². The number of allylic oxidation sites excluding steroid dienone is 4. The molecule has 466 valence electrons. The largest absolute Gasteiger partial charge is 0.361 e. The molecule has 6 aliphatic carbocycles. The average molecular weight is 1200 g/mol. The fourth-order valence-corrected chi connectivity index (χ4v) is 13.5. The molecule has 11 aromatic rings. The number of H-pyrrole nitrogens is 1. The minimum absolute atomic E-state index is 0.631. The minimum Gasteiger partial charge on any atom is -0.361 e. The second-order valence-electron chi connectivity index (χ2n) is 25.7. The first-order valence-electron chi connectivity index (χ1n) is 33.6. The van der Waals surface area contributed by atoms with Gasteiger partial charge in [0.05, 0.1) is 5.52 Å². The summed E-state index contributed by atoms with van der Waals surface area (Å²) in [6.07, 6.45) is 29.5. The van der Waals surface area contributed by atoms with Crippen LogP contribution in [0.3, 0.4) is 0 Å². The van der Waals surface area contributed by atoms with E-state index in [0.717, 1.165) is 46.4 Å². The number of benzene rings is 7. The lowest BCUT2D eigenvalue weighted by atomic mass is 9.84. The van der Waals surface area contributed by atoms with Gasteiger partial charge in [0.15, 0.2) is 0 Å². The molecule has 1 N–H and O–H groups in total. The van der Waals surface area contributed by atoms with Crippen molar-refractivity contribution >= 4 is 21.8 Å². The van der Waals surface area contributed by atoms with Crippen molar-refractivity contribution in [1.82, 2.24) is 24.9 Å². The van der Waals surface area contributed by atoms with E-state index in [2.05, 4.69) is 242 Å². The van der Waals surface area contributed by atoms with Crippen LogP contribution in [0.1, 0.15) is 162 Å². The number of pyridine rings is 2. The maximum atomic E-state index is 4.38. The molecule has 0 saturated heterocycles. The molecule has 6 atom stereocenters. The molecule has 4 heterocycles. The first kappa shape index (κ1) is 66.6. The Hall–Kier alpha value is -8.80. The van der Waals surface area contributed by atoms with Crippen LogP contribution in [0, 0.1) is 45.4 Å². The Morgan fingerprint density at radius 3 is 1.54 bits per heavy atom. The molecule has 0 bridgehead atoms. The number of aromatic amines is 1. The Bertz CT molecular complexity index is 3960. The summed E-state index contributed by atoms with van der Waals surface area (Å²) >= 11 is 0. The van der Waals surface area contributed by atoms with E-state index in [9.17, 15) is 0 Å². The van der Waals surface area contributed by atoms with Crippen LogP contribution in [0.4, 0.5) is 0 Å². The number of nitrogens with zero attached hydrogens (tertiary/aromatic N) is 4. The van der Waals surface area contributed by atoms with Gasteiger partial charge in [-0.15, -0.1) is 0 Å². The molecule has 5 nitrogen and oxygen atoms in total. The lowest BCUT2D eigenvalue weighted by molar-refractivity contribution is 0.501. The molecular weight excluding hydrogens is 1100 g/mol. The van der Waals surface area contributed by atoms with E-state index in [1.807, 2.05) is 75.5 Å². The smallest absolute Gasteiger partial charge is 0.125 e. The first-order chi connectivity index (χ1) is 44.4. The summed E-state index contributed by atoms with van der Waals surface area (Å²) in [5.74, 6) is 6.18. The van der Waals surface area contributed by atoms with E-state index in [0.29, 0.717) is 17.8 Å². The van der Waals surface area contributed by atoms with Crippen LogP contribution in [-0.2, 0) is 38.5 Å². The molecule has 4 aromatic heterocycles. The fraction of sp³-hybridized carbons (Fsp3) is 0.302. The monoisotopic (exact) mass is 1200 g/mol. The molecule has 91 heavy (non-hydrogen) atoms. The highest BCUT2D eigenvalue weighted by Crippen LogP contribution is 2.48. The highest BCUT2D eigenvalue weighted by Gasteiger charge is 2.35. The van der Waals surface area contributed by atoms with Gasteiger partial charge in [-0.1, -0.05) is 229 Å². The van der Waals surface area contributed by atoms with Crippen LogP contribution in [-0.4, -0.2) is 24.9 Å². The van der Waals surface area contributed by atoms with E-state index in [4.69, 9.17) is 0 Å². The van der Waals surface area contributed by atoms with E-state index in [1.165, 1.54) is 91.6 Å². The molecule has 0 aliphatic heterocycles. The third kappa shape index (κ3) is 19.6. The quantitative estimate of drug-likeness (QED) is 0.164. The number of hydrogen-bond acceptors (Lipinski definition) is 4. The second kappa shape index (κ2) is 34.4. The van der Waals surface area contributed by atoms with Gasteiger partial charge in [-0.3, -0.25) is 9.97 Å². The summed E-state index contributed by atoms with van der Waals surface area (Å²) in [5, 5.41) is 2.53. The van der Waals surface area contributed by atoms with Gasteiger partial charge in [0.1, 0.15) is 5.82 Å². The van der Waals surface area contributed by atoms with E-state index >= 15 is 0 Å². The van der Waals surface area contributed by atoms with E-state index in [1.54, 1.807) is 74.7 Å². The maximum Gasteiger partial charge on any atom is 0.125 e. The van der Waals surface area contributed by atoms with Gasteiger partial charge in [-0.2, -0.15) is 0 Å². The Balaban J connectivity index is 0.000000122. The highest BCUT2D eigenvalue weighted by atomic mass is 14.8. The van der Waals surface area contributed by atoms with Crippen molar-refractivity contribution in [3.8, 4) is 0 Å². The summed E-state index contributed by atoms with van der Waals surface area (Å²) in [5.41, 5.74) is 21.4. The van der Waals surface area contributed by atoms with Gasteiger partial charge < -0.3 is 4.98 Å². The molecule has 5 heteroatoms. The van der Waals surface area contributed by atoms with Gasteiger partial charge in [-0.05, 0) is 225 Å². The van der Waals surface area contributed by atoms with Crippen molar-refractivity contribution in [2.45, 2.75) is 150 Å². The molecule has 0 amide bonds. The summed E-state index contributed by atoms with van der Waals surface area (Å²) in [6, 6.07) is 72.3. The second-order valence-corrected chi connectivity index (χ2v) is 25.7. The molecule has 0 saturated carbocycles. The van der Waals surface area contributed by atoms with Crippen molar-refractivity contribution in [1.29, 1.82) is 0 Å². The number of rotatable bonds is 0. The molecule has 17 rings (SSSR count). The number of aromatic nitrogens is 5. The molecule has 0 spiro atoms. The number of fused-ring (bicyclic) bond motifs is 9. The Morgan fingerprint density at radius 2 is 0.923 bits per heavy atom. The SMILES string of the molecule is CC1CCCc2ccccc21.CC1CCc2ccccc21.CC1CCc2ccccc2C1.CC1Cc2ccccc2C1.CC1c2ccccc2C2C=CC=CC12.Cc1c[nH]c2ccccc12.Cc1ccc2ccccc2n1.Cc1ccccn1.Cc1ncccn1. The first-order valence-corrected chi connectivity index (χ1v) is 33.6. The third-order valence-electron chi connectivity index (χ3n) is 18.6. The van der Waals surface area contributed by atoms with Gasteiger partial charge in [0.25, 0.3) is 0 Å². The third-order valence-corrected chi connectivity index (χ3v) is 18.6. The number of nitrogens with one attached hydrogen (secondary N) is 1. The van der Waals surface area contributed by atoms with Crippen molar-refractivity contribution in [2.24, 2.45) is 17.8 Å². The predicted octanol–water partition coefficient (Wildman–Crippen LogP) is 21.9. The lowest BCUT2D eigenvalue weighted by Crippen LogP contribution is -2.10. The van der Waals surface area contributed by atoms with Crippen molar-refractivity contribution in [3.05, 3.63) is 334 Å². The number of aryl methyl sites for hydroxylation is 7. The summed E-state index contributed by atoms with van der Waals surface area (Å²) in [7, 11) is 0. The zero-order valence-electron chi connectivity index (χ0n) is 55.7. The van der Waals surface area contributed by atoms with Crippen molar-refractivity contribution in [3.63, 3.8) is 0 Å². The van der Waals surface area contributed by atoms with Crippen LogP contribution in [0.25, 0.3) is 21.8 Å². The Labute approximate surface area is 545 Å². The lowest BCUT2D eigenvalue weighted by Gasteiger charge is -2.21. The van der Waals surface area contributed by atoms with Gasteiger partial charge in [0.2, 0.25) is 0 Å². The van der Waals surface area contributed by atoms with Crippen LogP contribution in [0.15, 0.2) is 255 Å². The van der Waals surface area contributed by atoms with Gasteiger partial charge >= 0.3 is 0 Å². The van der Waals surface area contributed by atoms with E-state index in [-0.39, 0.29) is 0 Å². The van der Waals surface area contributed by atoms with Gasteiger partial charge in [0, 0.05) is 58.4 Å². The standard InChI is InChI=1S/C14H14.2C11H14.C10H9N.2C10H12.C9H9N.C6H7N.C5H6N2/c1-10-11-6-2-4-8-13(11)14-9-5-3-7-12(10)14;1-9-5-4-7-10-6-2-3-8-11(9)10;1-9-6-7-10-4-2-3-5-11(10)8-9;1-8-6-7-9-4-2-3-5-10(9)11-8;1-8-6-9-4-2-3-5-10(9)7-8;1-8-6-7-9-4-2-3-5-10(8)9;1-7-6-10-9-5-3-2-4-8(7)9;1-6-4-2-3-5-7-6;1-5-6-3-2-4-7-5/h2-11,13H,1H3;2-3,6,8-9H,4-5,7H2,1H3;2-5,9H,6-8H2,1H3;2-7H,1H3;2*2-5,8H,6-7H2,1H3;2-6,10H,1H3;2-5H,1H3;2-4H,1H3. The molecule has 7 aromatic carbocycles. The molecule has 0 fully saturated rings. The Kier molecular flexibility index (Phi) is 25.2. The fourth-order valence-electron chi connectivity index (χ4n) is 13.5.